The maximum absolute atomic E-state index is 10.4. The number of hydrogen-bond donors (Lipinski definition) is 1. The van der Waals surface area contributed by atoms with Gasteiger partial charge in [0.15, 0.2) is 0 Å². The van der Waals surface area contributed by atoms with E-state index in [1.165, 1.54) is 22.4 Å². The van der Waals surface area contributed by atoms with Crippen LogP contribution in [0.1, 0.15) is 5.56 Å². The Kier molecular flexibility index (Phi) is 4.91. The quantitative estimate of drug-likeness (QED) is 0.820. The van der Waals surface area contributed by atoms with E-state index < -0.39 is 5.97 Å². The number of carboxylic acid groups (broad SMARTS) is 1. The van der Waals surface area contributed by atoms with Crippen LogP contribution in [-0.4, -0.2) is 36.1 Å². The highest BCUT2D eigenvalue weighted by Crippen LogP contribution is 2.16. The first-order chi connectivity index (χ1) is 9.65. The van der Waals surface area contributed by atoms with Crippen LogP contribution in [-0.2, 0) is 11.2 Å². The van der Waals surface area contributed by atoms with Crippen molar-refractivity contribution in [1.82, 2.24) is 4.90 Å². The predicted octanol–water partition coefficient (Wildman–Crippen LogP) is 2.95. The van der Waals surface area contributed by atoms with Crippen molar-refractivity contribution in [2.75, 3.05) is 20.1 Å². The van der Waals surface area contributed by atoms with Crippen molar-refractivity contribution in [3.8, 4) is 0 Å². The molecular formula is C17H19NO2. The molecule has 0 saturated heterocycles. The molecule has 2 aromatic carbocycles. The van der Waals surface area contributed by atoms with Gasteiger partial charge in [0.1, 0.15) is 0 Å². The van der Waals surface area contributed by atoms with Gasteiger partial charge in [0.2, 0.25) is 0 Å². The normalized spacial score (nSPS) is 11.5. The first kappa shape index (κ1) is 14.3. The van der Waals surface area contributed by atoms with Gasteiger partial charge in [-0.1, -0.05) is 48.5 Å². The van der Waals surface area contributed by atoms with Gasteiger partial charge in [0.05, 0.1) is 0 Å². The molecule has 0 aliphatic carbocycles. The third-order valence-corrected chi connectivity index (χ3v) is 3.27. The zero-order valence-corrected chi connectivity index (χ0v) is 11.6. The van der Waals surface area contributed by atoms with E-state index in [1.807, 2.05) is 13.1 Å². The second-order valence-corrected chi connectivity index (χ2v) is 4.93. The number of nitrogens with zero attached hydrogens (tertiary/aromatic N) is 1. The number of hydrogen-bond acceptors (Lipinski definition) is 2. The summed E-state index contributed by atoms with van der Waals surface area (Å²) in [6.07, 6.45) is 3.82. The summed E-state index contributed by atoms with van der Waals surface area (Å²) >= 11 is 0. The maximum atomic E-state index is 10.4. The molecule has 20 heavy (non-hydrogen) atoms. The summed E-state index contributed by atoms with van der Waals surface area (Å²) in [5, 5.41) is 11.1. The van der Waals surface area contributed by atoms with Crippen molar-refractivity contribution >= 4 is 16.7 Å². The van der Waals surface area contributed by atoms with E-state index in [0.29, 0.717) is 6.54 Å². The van der Waals surface area contributed by atoms with Gasteiger partial charge in [0, 0.05) is 19.2 Å². The zero-order valence-electron chi connectivity index (χ0n) is 11.6. The molecule has 0 spiro atoms. The third-order valence-electron chi connectivity index (χ3n) is 3.27. The van der Waals surface area contributed by atoms with E-state index >= 15 is 0 Å². The number of aliphatic carboxylic acids is 1. The number of fused-ring (bicyclic) bond motifs is 1. The summed E-state index contributed by atoms with van der Waals surface area (Å²) in [4.78, 5) is 12.5. The first-order valence-corrected chi connectivity index (χ1v) is 6.71. The van der Waals surface area contributed by atoms with Crippen LogP contribution in [0, 0.1) is 0 Å². The highest BCUT2D eigenvalue weighted by atomic mass is 16.4. The first-order valence-electron chi connectivity index (χ1n) is 6.71. The fourth-order valence-corrected chi connectivity index (χ4v) is 2.14. The van der Waals surface area contributed by atoms with Gasteiger partial charge < -0.3 is 10.0 Å². The fourth-order valence-electron chi connectivity index (χ4n) is 2.14. The summed E-state index contributed by atoms with van der Waals surface area (Å²) in [6.45, 7) is 1.56. The second-order valence-electron chi connectivity index (χ2n) is 4.93. The molecule has 0 heterocycles. The van der Waals surface area contributed by atoms with Crippen molar-refractivity contribution in [3.63, 3.8) is 0 Å². The zero-order chi connectivity index (χ0) is 14.4. The molecule has 0 radical (unpaired) electrons. The predicted molar refractivity (Wildman–Crippen MR) is 81.9 cm³/mol. The minimum Gasteiger partial charge on any atom is -0.478 e. The van der Waals surface area contributed by atoms with Crippen molar-refractivity contribution < 1.29 is 9.90 Å². The second kappa shape index (κ2) is 6.87. The van der Waals surface area contributed by atoms with Crippen LogP contribution < -0.4 is 0 Å². The highest BCUT2D eigenvalue weighted by Gasteiger charge is 2.00. The maximum Gasteiger partial charge on any atom is 0.328 e. The third kappa shape index (κ3) is 4.21. The Labute approximate surface area is 119 Å². The summed E-state index contributed by atoms with van der Waals surface area (Å²) in [7, 11) is 1.99. The largest absolute Gasteiger partial charge is 0.478 e. The van der Waals surface area contributed by atoms with Crippen LogP contribution in [0.4, 0.5) is 0 Å². The Hall–Kier alpha value is -2.13. The van der Waals surface area contributed by atoms with E-state index in [0.717, 1.165) is 13.0 Å². The van der Waals surface area contributed by atoms with Crippen LogP contribution in [0.25, 0.3) is 10.8 Å². The van der Waals surface area contributed by atoms with Crippen LogP contribution in [0.5, 0.6) is 0 Å². The molecule has 0 aliphatic rings. The number of likely N-dealkylation sites (N-methyl/N-ethyl adjacent to an activating group) is 1. The molecule has 104 valence electrons. The van der Waals surface area contributed by atoms with Gasteiger partial charge in [-0.2, -0.15) is 0 Å². The lowest BCUT2D eigenvalue weighted by atomic mass is 10.1. The summed E-state index contributed by atoms with van der Waals surface area (Å²) < 4.78 is 0. The molecule has 0 aliphatic heterocycles. The van der Waals surface area contributed by atoms with E-state index in [2.05, 4.69) is 41.3 Å². The van der Waals surface area contributed by atoms with Gasteiger partial charge in [-0.3, -0.25) is 0 Å². The van der Waals surface area contributed by atoms with Gasteiger partial charge in [-0.05, 0) is 29.8 Å². The number of carbonyl (C=O) groups is 1. The smallest absolute Gasteiger partial charge is 0.328 e. The van der Waals surface area contributed by atoms with Crippen LogP contribution in [0.3, 0.4) is 0 Å². The standard InChI is InChI=1S/C17H19NO2/c1-18(11-4-7-17(19)20)12-10-14-8-9-15-5-2-3-6-16(15)13-14/h2-9,13H,10-12H2,1H3,(H,19,20)/b7-4+. The molecule has 2 rings (SSSR count). The Morgan fingerprint density at radius 3 is 2.70 bits per heavy atom. The summed E-state index contributed by atoms with van der Waals surface area (Å²) in [6, 6.07) is 14.9. The Morgan fingerprint density at radius 1 is 1.20 bits per heavy atom. The molecule has 1 N–H and O–H groups in total. The fraction of sp³-hybridized carbons (Fsp3) is 0.235. The number of carboxylic acids is 1. The van der Waals surface area contributed by atoms with Gasteiger partial charge in [0.25, 0.3) is 0 Å². The van der Waals surface area contributed by atoms with Crippen LogP contribution in [0.2, 0.25) is 0 Å². The van der Waals surface area contributed by atoms with Gasteiger partial charge >= 0.3 is 5.97 Å². The van der Waals surface area contributed by atoms with Crippen molar-refractivity contribution in [2.45, 2.75) is 6.42 Å². The summed E-state index contributed by atoms with van der Waals surface area (Å²) in [5.41, 5.74) is 1.30. The monoisotopic (exact) mass is 269 g/mol. The van der Waals surface area contributed by atoms with Crippen molar-refractivity contribution in [1.29, 1.82) is 0 Å². The van der Waals surface area contributed by atoms with E-state index in [9.17, 15) is 4.79 Å². The van der Waals surface area contributed by atoms with Gasteiger partial charge in [-0.15, -0.1) is 0 Å². The Balaban J connectivity index is 1.90. The molecule has 0 amide bonds. The average molecular weight is 269 g/mol. The van der Waals surface area contributed by atoms with Crippen molar-refractivity contribution in [3.05, 3.63) is 60.2 Å². The SMILES string of the molecule is CN(C/C=C/C(=O)O)CCc1ccc2ccccc2c1. The van der Waals surface area contributed by atoms with Crippen LogP contribution in [0.15, 0.2) is 54.6 Å². The average Bonchev–Trinajstić information content (AvgIpc) is 2.44. The Bertz CT molecular complexity index is 619. The lowest BCUT2D eigenvalue weighted by molar-refractivity contribution is -0.131. The summed E-state index contributed by atoms with van der Waals surface area (Å²) in [5.74, 6) is -0.895. The molecule has 0 atom stereocenters. The molecule has 0 aromatic heterocycles. The lowest BCUT2D eigenvalue weighted by Gasteiger charge is -2.14. The lowest BCUT2D eigenvalue weighted by Crippen LogP contribution is -2.21. The minimum absolute atomic E-state index is 0.653. The molecular weight excluding hydrogens is 250 g/mol. The van der Waals surface area contributed by atoms with E-state index in [1.54, 1.807) is 6.08 Å². The number of benzene rings is 2. The van der Waals surface area contributed by atoms with Gasteiger partial charge in [-0.25, -0.2) is 4.79 Å². The molecule has 0 saturated carbocycles. The number of rotatable bonds is 6. The molecule has 0 unspecified atom stereocenters. The highest BCUT2D eigenvalue weighted by molar-refractivity contribution is 5.83. The van der Waals surface area contributed by atoms with Crippen molar-refractivity contribution in [2.24, 2.45) is 0 Å². The Morgan fingerprint density at radius 2 is 1.95 bits per heavy atom. The minimum atomic E-state index is -0.895. The molecule has 0 bridgehead atoms. The molecule has 3 nitrogen and oxygen atoms in total. The molecule has 0 fully saturated rings. The topological polar surface area (TPSA) is 40.5 Å². The van der Waals surface area contributed by atoms with E-state index in [-0.39, 0.29) is 0 Å². The molecule has 2 aromatic rings. The van der Waals surface area contributed by atoms with Crippen LogP contribution >= 0.6 is 0 Å². The molecule has 3 heteroatoms. The van der Waals surface area contributed by atoms with E-state index in [4.69, 9.17) is 5.11 Å².